The molecule has 0 unspecified atom stereocenters. The Bertz CT molecular complexity index is 839. The number of ether oxygens (including phenoxy) is 3. The molecular weight excluding hydrogens is 342 g/mol. The molecule has 0 radical (unpaired) electrons. The molecule has 1 amide bonds. The monoisotopic (exact) mass is 369 g/mol. The molecule has 1 aliphatic heterocycles. The molecule has 1 saturated heterocycles. The molecule has 0 atom stereocenters. The highest BCUT2D eigenvalue weighted by Gasteiger charge is 2.23. The zero-order chi connectivity index (χ0) is 19.6. The third-order valence-electron chi connectivity index (χ3n) is 4.80. The van der Waals surface area contributed by atoms with E-state index in [4.69, 9.17) is 14.2 Å². The Kier molecular flexibility index (Phi) is 5.42. The van der Waals surface area contributed by atoms with E-state index in [1.165, 1.54) is 0 Å². The maximum absolute atomic E-state index is 12.1. The number of anilines is 1. The van der Waals surface area contributed by atoms with Gasteiger partial charge in [-0.1, -0.05) is 26.8 Å². The molecule has 5 nitrogen and oxygen atoms in total. The lowest BCUT2D eigenvalue weighted by Crippen LogP contribution is -2.41. The molecule has 144 valence electrons. The van der Waals surface area contributed by atoms with Crippen molar-refractivity contribution in [1.29, 1.82) is 0 Å². The average molecular weight is 369 g/mol. The van der Waals surface area contributed by atoms with Crippen molar-refractivity contribution in [3.8, 4) is 22.6 Å². The number of benzene rings is 2. The third-order valence-corrected chi connectivity index (χ3v) is 4.80. The maximum Gasteiger partial charge on any atom is 0.253 e. The van der Waals surface area contributed by atoms with Crippen LogP contribution >= 0.6 is 0 Å². The van der Waals surface area contributed by atoms with Crippen molar-refractivity contribution >= 4 is 11.6 Å². The van der Waals surface area contributed by atoms with Gasteiger partial charge < -0.3 is 19.1 Å². The van der Waals surface area contributed by atoms with Crippen molar-refractivity contribution in [2.24, 2.45) is 0 Å². The van der Waals surface area contributed by atoms with Crippen molar-refractivity contribution in [3.05, 3.63) is 42.0 Å². The van der Waals surface area contributed by atoms with Crippen LogP contribution in [0.25, 0.3) is 11.1 Å². The molecule has 2 aromatic rings. The Morgan fingerprint density at radius 2 is 1.74 bits per heavy atom. The fourth-order valence-corrected chi connectivity index (χ4v) is 3.34. The van der Waals surface area contributed by atoms with Gasteiger partial charge in [0.15, 0.2) is 0 Å². The molecule has 0 aromatic heterocycles. The van der Waals surface area contributed by atoms with Gasteiger partial charge in [-0.2, -0.15) is 0 Å². The summed E-state index contributed by atoms with van der Waals surface area (Å²) >= 11 is 0. The Morgan fingerprint density at radius 3 is 2.37 bits per heavy atom. The van der Waals surface area contributed by atoms with Gasteiger partial charge in [-0.05, 0) is 35.2 Å². The van der Waals surface area contributed by atoms with Gasteiger partial charge in [0.05, 0.1) is 20.8 Å². The van der Waals surface area contributed by atoms with E-state index in [1.54, 1.807) is 19.1 Å². The fourth-order valence-electron chi connectivity index (χ4n) is 3.34. The van der Waals surface area contributed by atoms with E-state index in [2.05, 4.69) is 26.8 Å². The first-order chi connectivity index (χ1) is 12.8. The molecule has 0 N–H and O–H groups in total. The smallest absolute Gasteiger partial charge is 0.253 e. The number of methoxy groups -OCH3 is 2. The van der Waals surface area contributed by atoms with Gasteiger partial charge in [0.25, 0.3) is 5.91 Å². The first-order valence-electron chi connectivity index (χ1n) is 9.10. The molecule has 0 bridgehead atoms. The highest BCUT2D eigenvalue weighted by Crippen LogP contribution is 2.39. The number of rotatable bonds is 4. The standard InChI is InChI=1S/C22H27NO4/c1-22(2,3)18-12-15(6-9-19(18)25-4)17-8-7-16(13-20(17)26-5)23-10-11-27-14-21(23)24/h6-9,12-13H,10-11,14H2,1-5H3. The van der Waals surface area contributed by atoms with Gasteiger partial charge >= 0.3 is 0 Å². The van der Waals surface area contributed by atoms with Crippen LogP contribution in [0.4, 0.5) is 5.69 Å². The van der Waals surface area contributed by atoms with Crippen LogP contribution in [0, 0.1) is 0 Å². The van der Waals surface area contributed by atoms with E-state index in [0.717, 1.165) is 33.9 Å². The van der Waals surface area contributed by atoms with Crippen LogP contribution in [-0.4, -0.2) is 39.9 Å². The first kappa shape index (κ1) is 19.2. The summed E-state index contributed by atoms with van der Waals surface area (Å²) in [6, 6.07) is 12.1. The van der Waals surface area contributed by atoms with E-state index in [9.17, 15) is 4.79 Å². The van der Waals surface area contributed by atoms with Crippen LogP contribution in [0.2, 0.25) is 0 Å². The lowest BCUT2D eigenvalue weighted by Gasteiger charge is -2.27. The Balaban J connectivity index is 2.03. The largest absolute Gasteiger partial charge is 0.496 e. The van der Waals surface area contributed by atoms with Gasteiger partial charge in [-0.15, -0.1) is 0 Å². The van der Waals surface area contributed by atoms with Crippen LogP contribution in [0.5, 0.6) is 11.5 Å². The lowest BCUT2D eigenvalue weighted by atomic mass is 9.84. The Hall–Kier alpha value is -2.53. The molecule has 1 heterocycles. The SMILES string of the molecule is COc1cc(N2CCOCC2=O)ccc1-c1ccc(OC)c(C(C)(C)C)c1. The highest BCUT2D eigenvalue weighted by atomic mass is 16.5. The van der Waals surface area contributed by atoms with Gasteiger partial charge in [0.2, 0.25) is 0 Å². The minimum absolute atomic E-state index is 0.0319. The van der Waals surface area contributed by atoms with Crippen LogP contribution < -0.4 is 14.4 Å². The molecule has 1 aliphatic rings. The second-order valence-electron chi connectivity index (χ2n) is 7.65. The average Bonchev–Trinajstić information content (AvgIpc) is 2.66. The fraction of sp³-hybridized carbons (Fsp3) is 0.409. The summed E-state index contributed by atoms with van der Waals surface area (Å²) in [5.41, 5.74) is 3.95. The van der Waals surface area contributed by atoms with Crippen molar-refractivity contribution in [3.63, 3.8) is 0 Å². The number of morpholine rings is 1. The van der Waals surface area contributed by atoms with E-state index in [1.807, 2.05) is 30.3 Å². The normalized spacial score (nSPS) is 15.0. The summed E-state index contributed by atoms with van der Waals surface area (Å²) in [5.74, 6) is 1.58. The second kappa shape index (κ2) is 7.61. The molecule has 5 heteroatoms. The van der Waals surface area contributed by atoms with Crippen molar-refractivity contribution in [2.75, 3.05) is 38.9 Å². The van der Waals surface area contributed by atoms with Gasteiger partial charge in [-0.25, -0.2) is 0 Å². The predicted molar refractivity (Wildman–Crippen MR) is 107 cm³/mol. The highest BCUT2D eigenvalue weighted by molar-refractivity contribution is 5.95. The Labute approximate surface area is 160 Å². The molecule has 0 spiro atoms. The van der Waals surface area contributed by atoms with Crippen LogP contribution in [0.15, 0.2) is 36.4 Å². The summed E-state index contributed by atoms with van der Waals surface area (Å²) in [6.07, 6.45) is 0. The number of amides is 1. The zero-order valence-electron chi connectivity index (χ0n) is 16.7. The van der Waals surface area contributed by atoms with Crippen molar-refractivity contribution < 1.29 is 19.0 Å². The number of hydrogen-bond donors (Lipinski definition) is 0. The number of carbonyl (C=O) groups is 1. The number of nitrogens with zero attached hydrogens (tertiary/aromatic N) is 1. The first-order valence-corrected chi connectivity index (χ1v) is 9.10. The van der Waals surface area contributed by atoms with Gasteiger partial charge in [-0.3, -0.25) is 4.79 Å². The van der Waals surface area contributed by atoms with Crippen LogP contribution in [0.1, 0.15) is 26.3 Å². The van der Waals surface area contributed by atoms with Gasteiger partial charge in [0, 0.05) is 29.4 Å². The van der Waals surface area contributed by atoms with E-state index >= 15 is 0 Å². The van der Waals surface area contributed by atoms with E-state index in [0.29, 0.717) is 13.2 Å². The number of hydrogen-bond acceptors (Lipinski definition) is 4. The van der Waals surface area contributed by atoms with Crippen LogP contribution in [-0.2, 0) is 14.9 Å². The minimum atomic E-state index is -0.0469. The maximum atomic E-state index is 12.1. The molecule has 0 saturated carbocycles. The lowest BCUT2D eigenvalue weighted by molar-refractivity contribution is -0.125. The molecule has 27 heavy (non-hydrogen) atoms. The zero-order valence-corrected chi connectivity index (χ0v) is 16.7. The second-order valence-corrected chi connectivity index (χ2v) is 7.65. The third kappa shape index (κ3) is 3.93. The van der Waals surface area contributed by atoms with Gasteiger partial charge in [0.1, 0.15) is 18.1 Å². The van der Waals surface area contributed by atoms with Crippen molar-refractivity contribution in [2.45, 2.75) is 26.2 Å². The van der Waals surface area contributed by atoms with Crippen molar-refractivity contribution in [1.82, 2.24) is 0 Å². The topological polar surface area (TPSA) is 48.0 Å². The molecule has 3 rings (SSSR count). The minimum Gasteiger partial charge on any atom is -0.496 e. The summed E-state index contributed by atoms with van der Waals surface area (Å²) in [4.78, 5) is 13.9. The summed E-state index contributed by atoms with van der Waals surface area (Å²) in [7, 11) is 3.34. The molecule has 0 aliphatic carbocycles. The molecule has 1 fully saturated rings. The Morgan fingerprint density at radius 1 is 1.00 bits per heavy atom. The quantitative estimate of drug-likeness (QED) is 0.816. The summed E-state index contributed by atoms with van der Waals surface area (Å²) < 4.78 is 16.4. The molecular formula is C22H27NO4. The predicted octanol–water partition coefficient (Wildman–Crippen LogP) is 4.03. The van der Waals surface area contributed by atoms with E-state index in [-0.39, 0.29) is 17.9 Å². The molecule has 2 aromatic carbocycles. The summed E-state index contributed by atoms with van der Waals surface area (Å²) in [6.45, 7) is 7.72. The van der Waals surface area contributed by atoms with Crippen LogP contribution in [0.3, 0.4) is 0 Å². The number of carbonyl (C=O) groups excluding carboxylic acids is 1. The summed E-state index contributed by atoms with van der Waals surface area (Å²) in [5, 5.41) is 0. The van der Waals surface area contributed by atoms with E-state index < -0.39 is 0 Å².